The number of tetrazole rings is 1. The first-order valence-electron chi connectivity index (χ1n) is 8.57. The Bertz CT molecular complexity index is 1110. The summed E-state index contributed by atoms with van der Waals surface area (Å²) in [6.07, 6.45) is 0. The van der Waals surface area contributed by atoms with Crippen LogP contribution in [0.25, 0.3) is 5.69 Å². The summed E-state index contributed by atoms with van der Waals surface area (Å²) in [6, 6.07) is 16.7. The molecular weight excluding hydrogens is 408 g/mol. The molecule has 29 heavy (non-hydrogen) atoms. The summed E-state index contributed by atoms with van der Waals surface area (Å²) in [7, 11) is 0. The van der Waals surface area contributed by atoms with Gasteiger partial charge in [-0.1, -0.05) is 53.4 Å². The minimum Gasteiger partial charge on any atom is -0.374 e. The van der Waals surface area contributed by atoms with E-state index in [1.54, 1.807) is 19.1 Å². The molecule has 2 aromatic carbocycles. The number of nitrogens with one attached hydrogen (secondary N) is 1. The van der Waals surface area contributed by atoms with E-state index in [0.717, 1.165) is 11.3 Å². The van der Waals surface area contributed by atoms with Crippen molar-refractivity contribution in [3.8, 4) is 5.69 Å². The number of aryl methyl sites for hydroxylation is 1. The zero-order valence-electron chi connectivity index (χ0n) is 15.3. The van der Waals surface area contributed by atoms with E-state index >= 15 is 0 Å². The van der Waals surface area contributed by atoms with Gasteiger partial charge in [0.15, 0.2) is 10.2 Å². The summed E-state index contributed by atoms with van der Waals surface area (Å²) >= 11 is 2.57. The zero-order valence-corrected chi connectivity index (χ0v) is 16.9. The second kappa shape index (κ2) is 8.37. The molecule has 0 radical (unpaired) electrons. The van der Waals surface area contributed by atoms with Crippen molar-refractivity contribution >= 4 is 39.8 Å². The highest BCUT2D eigenvalue weighted by molar-refractivity contribution is 8.02. The minimum atomic E-state index is -0.497. The number of rotatable bonds is 6. The molecule has 4 aromatic rings. The topological polar surface area (TPSA) is 124 Å². The highest BCUT2D eigenvalue weighted by Gasteiger charge is 2.24. The second-order valence-electron chi connectivity index (χ2n) is 5.98. The van der Waals surface area contributed by atoms with E-state index in [0.29, 0.717) is 21.0 Å². The molecule has 0 aliphatic rings. The van der Waals surface area contributed by atoms with Gasteiger partial charge in [-0.25, -0.2) is 0 Å². The number of hydrogen-bond donors (Lipinski definition) is 2. The molecule has 0 saturated heterocycles. The summed E-state index contributed by atoms with van der Waals surface area (Å²) in [5.74, 6) is 0.417. The molecule has 1 amide bonds. The third kappa shape index (κ3) is 4.58. The lowest BCUT2D eigenvalue weighted by Gasteiger charge is -2.15. The van der Waals surface area contributed by atoms with Crippen LogP contribution in [0, 0.1) is 6.92 Å². The standard InChI is InChI=1S/C18H16N8OS2/c1-11-21-25-26(24-11)14-9-7-13(8-10-14)20-16(27)15(12-5-3-2-4-6-12)28-18-23-22-17(19)29-18/h2-10,15H,1H3,(H2,19,22)(H,20,27)/t15-/m0/s1. The molecule has 146 valence electrons. The highest BCUT2D eigenvalue weighted by Crippen LogP contribution is 2.38. The summed E-state index contributed by atoms with van der Waals surface area (Å²) in [5.41, 5.74) is 7.95. The summed E-state index contributed by atoms with van der Waals surface area (Å²) in [4.78, 5) is 14.5. The average molecular weight is 425 g/mol. The van der Waals surface area contributed by atoms with E-state index in [-0.39, 0.29) is 5.91 Å². The van der Waals surface area contributed by atoms with E-state index < -0.39 is 5.25 Å². The number of anilines is 2. The van der Waals surface area contributed by atoms with Gasteiger partial charge < -0.3 is 11.1 Å². The lowest BCUT2D eigenvalue weighted by atomic mass is 10.1. The van der Waals surface area contributed by atoms with Crippen LogP contribution in [0.2, 0.25) is 0 Å². The normalized spacial score (nSPS) is 11.9. The Morgan fingerprint density at radius 1 is 1.10 bits per heavy atom. The van der Waals surface area contributed by atoms with Crippen LogP contribution in [0.4, 0.5) is 10.8 Å². The van der Waals surface area contributed by atoms with Crippen LogP contribution < -0.4 is 11.1 Å². The van der Waals surface area contributed by atoms with Crippen molar-refractivity contribution in [2.24, 2.45) is 0 Å². The Morgan fingerprint density at radius 3 is 2.48 bits per heavy atom. The lowest BCUT2D eigenvalue weighted by Crippen LogP contribution is -2.19. The van der Waals surface area contributed by atoms with Crippen LogP contribution in [-0.2, 0) is 4.79 Å². The largest absolute Gasteiger partial charge is 0.374 e. The van der Waals surface area contributed by atoms with E-state index in [1.165, 1.54) is 27.9 Å². The average Bonchev–Trinajstić information content (AvgIpc) is 3.35. The second-order valence-corrected chi connectivity index (χ2v) is 8.34. The fourth-order valence-corrected chi connectivity index (χ4v) is 4.38. The number of nitrogens with zero attached hydrogens (tertiary/aromatic N) is 6. The van der Waals surface area contributed by atoms with Crippen molar-refractivity contribution in [2.45, 2.75) is 16.5 Å². The molecule has 0 aliphatic carbocycles. The monoisotopic (exact) mass is 424 g/mol. The maximum atomic E-state index is 13.0. The molecule has 0 unspecified atom stereocenters. The minimum absolute atomic E-state index is 0.169. The van der Waals surface area contributed by atoms with E-state index in [4.69, 9.17) is 5.73 Å². The Hall–Kier alpha value is -3.31. The van der Waals surface area contributed by atoms with Crippen molar-refractivity contribution < 1.29 is 4.79 Å². The zero-order chi connectivity index (χ0) is 20.2. The molecule has 9 nitrogen and oxygen atoms in total. The van der Waals surface area contributed by atoms with E-state index in [2.05, 4.69) is 30.9 Å². The lowest BCUT2D eigenvalue weighted by molar-refractivity contribution is -0.115. The predicted octanol–water partition coefficient (Wildman–Crippen LogP) is 2.88. The van der Waals surface area contributed by atoms with Crippen LogP contribution in [0.1, 0.15) is 16.6 Å². The number of amides is 1. The third-order valence-electron chi connectivity index (χ3n) is 3.86. The van der Waals surface area contributed by atoms with Crippen molar-refractivity contribution in [3.05, 3.63) is 66.0 Å². The molecule has 3 N–H and O–H groups in total. The molecular formula is C18H16N8OS2. The van der Waals surface area contributed by atoms with Gasteiger partial charge in [0.25, 0.3) is 0 Å². The number of thioether (sulfide) groups is 1. The molecule has 2 heterocycles. The van der Waals surface area contributed by atoms with Crippen LogP contribution in [0.15, 0.2) is 58.9 Å². The molecule has 0 bridgehead atoms. The SMILES string of the molecule is Cc1nnn(-c2ccc(NC(=O)[C@@H](Sc3nnc(N)s3)c3ccccc3)cc2)n1. The van der Waals surface area contributed by atoms with Gasteiger partial charge in [0.2, 0.25) is 11.0 Å². The van der Waals surface area contributed by atoms with Gasteiger partial charge in [-0.05, 0) is 42.0 Å². The first-order valence-corrected chi connectivity index (χ1v) is 10.3. The number of hydrogen-bond acceptors (Lipinski definition) is 9. The molecule has 0 spiro atoms. The Labute approximate surface area is 174 Å². The molecule has 0 saturated carbocycles. The molecule has 11 heteroatoms. The predicted molar refractivity (Wildman–Crippen MR) is 112 cm³/mol. The van der Waals surface area contributed by atoms with Gasteiger partial charge in [0.1, 0.15) is 5.25 Å². The highest BCUT2D eigenvalue weighted by atomic mass is 32.2. The molecule has 2 aromatic heterocycles. The number of carbonyl (C=O) groups excluding carboxylic acids is 1. The van der Waals surface area contributed by atoms with Crippen LogP contribution in [0.5, 0.6) is 0 Å². The van der Waals surface area contributed by atoms with Crippen molar-refractivity contribution in [1.82, 2.24) is 30.4 Å². The van der Waals surface area contributed by atoms with E-state index in [1.807, 2.05) is 42.5 Å². The van der Waals surface area contributed by atoms with Crippen LogP contribution in [0.3, 0.4) is 0 Å². The smallest absolute Gasteiger partial charge is 0.242 e. The molecule has 4 rings (SSSR count). The quantitative estimate of drug-likeness (QED) is 0.453. The number of nitrogens with two attached hydrogens (primary N) is 1. The van der Waals surface area contributed by atoms with Crippen molar-refractivity contribution in [3.63, 3.8) is 0 Å². The van der Waals surface area contributed by atoms with Gasteiger partial charge in [-0.15, -0.1) is 25.2 Å². The van der Waals surface area contributed by atoms with Gasteiger partial charge in [-0.3, -0.25) is 4.79 Å². The maximum absolute atomic E-state index is 13.0. The Balaban J connectivity index is 1.53. The van der Waals surface area contributed by atoms with Crippen molar-refractivity contribution in [2.75, 3.05) is 11.1 Å². The maximum Gasteiger partial charge on any atom is 0.242 e. The summed E-state index contributed by atoms with van der Waals surface area (Å²) in [5, 5.41) is 22.6. The van der Waals surface area contributed by atoms with E-state index in [9.17, 15) is 4.79 Å². The number of aromatic nitrogens is 6. The fourth-order valence-electron chi connectivity index (χ4n) is 2.55. The first kappa shape index (κ1) is 19.0. The number of nitrogen functional groups attached to an aromatic ring is 1. The first-order chi connectivity index (χ1) is 14.1. The van der Waals surface area contributed by atoms with Gasteiger partial charge in [-0.2, -0.15) is 0 Å². The van der Waals surface area contributed by atoms with Gasteiger partial charge in [0, 0.05) is 5.69 Å². The third-order valence-corrected chi connectivity index (χ3v) is 5.95. The molecule has 0 fully saturated rings. The number of benzene rings is 2. The fraction of sp³-hybridized carbons (Fsp3) is 0.111. The summed E-state index contributed by atoms with van der Waals surface area (Å²) in [6.45, 7) is 1.77. The van der Waals surface area contributed by atoms with Crippen LogP contribution in [-0.4, -0.2) is 36.3 Å². The van der Waals surface area contributed by atoms with Gasteiger partial charge >= 0.3 is 0 Å². The molecule has 1 atom stereocenters. The Kier molecular flexibility index (Phi) is 5.49. The number of carbonyl (C=O) groups is 1. The summed E-state index contributed by atoms with van der Waals surface area (Å²) < 4.78 is 0.634. The van der Waals surface area contributed by atoms with Crippen molar-refractivity contribution in [1.29, 1.82) is 0 Å². The van der Waals surface area contributed by atoms with Gasteiger partial charge in [0.05, 0.1) is 5.69 Å². The molecule has 0 aliphatic heterocycles. The van der Waals surface area contributed by atoms with Crippen LogP contribution >= 0.6 is 23.1 Å². The Morgan fingerprint density at radius 2 is 1.86 bits per heavy atom.